The fourth-order valence-corrected chi connectivity index (χ4v) is 1.80. The standard InChI is InChI=1S/C15H21NO2/c1-3-14(17)9-10-15(18)16-12(2)11-13-7-5-4-6-8-13/h4-8,12H,3,9-11H2,1-2H3,(H,16,18). The SMILES string of the molecule is CCC(=O)CCC(=O)NC(C)Cc1ccccc1. The van der Waals surface area contributed by atoms with E-state index >= 15 is 0 Å². The third-order valence-electron chi connectivity index (χ3n) is 2.82. The molecule has 1 aromatic carbocycles. The fourth-order valence-electron chi connectivity index (χ4n) is 1.80. The second-order valence-electron chi connectivity index (χ2n) is 4.55. The summed E-state index contributed by atoms with van der Waals surface area (Å²) in [4.78, 5) is 22.7. The first-order valence-electron chi connectivity index (χ1n) is 6.46. The quantitative estimate of drug-likeness (QED) is 0.804. The molecule has 3 heteroatoms. The van der Waals surface area contributed by atoms with Gasteiger partial charge in [-0.05, 0) is 18.9 Å². The van der Waals surface area contributed by atoms with Crippen molar-refractivity contribution < 1.29 is 9.59 Å². The van der Waals surface area contributed by atoms with Gasteiger partial charge >= 0.3 is 0 Å². The van der Waals surface area contributed by atoms with Crippen molar-refractivity contribution in [2.75, 3.05) is 0 Å². The Morgan fingerprint density at radius 1 is 1.17 bits per heavy atom. The van der Waals surface area contributed by atoms with Crippen molar-refractivity contribution >= 4 is 11.7 Å². The Balaban J connectivity index is 2.29. The van der Waals surface area contributed by atoms with Crippen LogP contribution in [0.4, 0.5) is 0 Å². The summed E-state index contributed by atoms with van der Waals surface area (Å²) in [5.74, 6) is 0.0982. The van der Waals surface area contributed by atoms with Crippen LogP contribution < -0.4 is 5.32 Å². The molecule has 3 nitrogen and oxygen atoms in total. The van der Waals surface area contributed by atoms with Crippen LogP contribution in [0.5, 0.6) is 0 Å². The van der Waals surface area contributed by atoms with Gasteiger partial charge in [-0.2, -0.15) is 0 Å². The zero-order chi connectivity index (χ0) is 13.4. The second-order valence-corrected chi connectivity index (χ2v) is 4.55. The molecule has 1 atom stereocenters. The molecular formula is C15H21NO2. The van der Waals surface area contributed by atoms with Gasteiger partial charge in [-0.15, -0.1) is 0 Å². The van der Waals surface area contributed by atoms with Crippen molar-refractivity contribution in [2.45, 2.75) is 45.6 Å². The van der Waals surface area contributed by atoms with E-state index in [-0.39, 0.29) is 17.7 Å². The van der Waals surface area contributed by atoms with Gasteiger partial charge < -0.3 is 5.32 Å². The largest absolute Gasteiger partial charge is 0.353 e. The predicted molar refractivity (Wildman–Crippen MR) is 72.3 cm³/mol. The molecular weight excluding hydrogens is 226 g/mol. The summed E-state index contributed by atoms with van der Waals surface area (Å²) in [5, 5.41) is 2.92. The van der Waals surface area contributed by atoms with E-state index in [0.717, 1.165) is 6.42 Å². The highest BCUT2D eigenvalue weighted by atomic mass is 16.2. The summed E-state index contributed by atoms with van der Waals surface area (Å²) in [6.45, 7) is 3.80. The topological polar surface area (TPSA) is 46.2 Å². The first-order chi connectivity index (χ1) is 8.61. The smallest absolute Gasteiger partial charge is 0.220 e. The second kappa shape index (κ2) is 7.64. The van der Waals surface area contributed by atoms with Crippen LogP contribution >= 0.6 is 0 Å². The van der Waals surface area contributed by atoms with Crippen molar-refractivity contribution in [3.8, 4) is 0 Å². The average molecular weight is 247 g/mol. The molecule has 0 aliphatic carbocycles. The Kier molecular flexibility index (Phi) is 6.12. The molecule has 1 aromatic rings. The lowest BCUT2D eigenvalue weighted by Crippen LogP contribution is -2.34. The third kappa shape index (κ3) is 5.62. The van der Waals surface area contributed by atoms with Crippen LogP contribution in [0.15, 0.2) is 30.3 Å². The molecule has 0 aliphatic heterocycles. The van der Waals surface area contributed by atoms with Crippen molar-refractivity contribution in [3.05, 3.63) is 35.9 Å². The molecule has 0 saturated heterocycles. The molecule has 0 heterocycles. The van der Waals surface area contributed by atoms with Gasteiger partial charge in [-0.1, -0.05) is 37.3 Å². The van der Waals surface area contributed by atoms with Crippen molar-refractivity contribution in [2.24, 2.45) is 0 Å². The highest BCUT2D eigenvalue weighted by Crippen LogP contribution is 2.03. The van der Waals surface area contributed by atoms with E-state index in [4.69, 9.17) is 0 Å². The number of hydrogen-bond donors (Lipinski definition) is 1. The van der Waals surface area contributed by atoms with Crippen molar-refractivity contribution in [1.29, 1.82) is 0 Å². The number of carbonyl (C=O) groups excluding carboxylic acids is 2. The van der Waals surface area contributed by atoms with Crippen LogP contribution in [-0.4, -0.2) is 17.7 Å². The van der Waals surface area contributed by atoms with Crippen LogP contribution in [0, 0.1) is 0 Å². The minimum absolute atomic E-state index is 0.0415. The number of rotatable bonds is 7. The van der Waals surface area contributed by atoms with E-state index < -0.39 is 0 Å². The minimum Gasteiger partial charge on any atom is -0.353 e. The zero-order valence-electron chi connectivity index (χ0n) is 11.1. The number of amides is 1. The van der Waals surface area contributed by atoms with Crippen LogP contribution in [0.3, 0.4) is 0 Å². The summed E-state index contributed by atoms with van der Waals surface area (Å²) < 4.78 is 0. The zero-order valence-corrected chi connectivity index (χ0v) is 11.1. The Labute approximate surface area is 109 Å². The molecule has 0 saturated carbocycles. The molecule has 0 aromatic heterocycles. The van der Waals surface area contributed by atoms with Gasteiger partial charge in [-0.3, -0.25) is 9.59 Å². The summed E-state index contributed by atoms with van der Waals surface area (Å²) in [6, 6.07) is 10.1. The molecule has 98 valence electrons. The van der Waals surface area contributed by atoms with E-state index in [0.29, 0.717) is 19.3 Å². The first-order valence-corrected chi connectivity index (χ1v) is 6.46. The lowest BCUT2D eigenvalue weighted by molar-refractivity contribution is -0.125. The number of carbonyl (C=O) groups is 2. The van der Waals surface area contributed by atoms with Crippen LogP contribution in [0.1, 0.15) is 38.7 Å². The maximum absolute atomic E-state index is 11.6. The van der Waals surface area contributed by atoms with Crippen LogP contribution in [-0.2, 0) is 16.0 Å². The van der Waals surface area contributed by atoms with Gasteiger partial charge in [0.25, 0.3) is 0 Å². The monoisotopic (exact) mass is 247 g/mol. The van der Waals surface area contributed by atoms with Crippen molar-refractivity contribution in [1.82, 2.24) is 5.32 Å². The van der Waals surface area contributed by atoms with Gasteiger partial charge in [0, 0.05) is 25.3 Å². The van der Waals surface area contributed by atoms with Crippen LogP contribution in [0.25, 0.3) is 0 Å². The molecule has 1 rings (SSSR count). The highest BCUT2D eigenvalue weighted by Gasteiger charge is 2.09. The van der Waals surface area contributed by atoms with Gasteiger partial charge in [0.15, 0.2) is 0 Å². The Bertz CT molecular complexity index is 387. The predicted octanol–water partition coefficient (Wildman–Crippen LogP) is 2.49. The molecule has 1 amide bonds. The molecule has 0 aliphatic rings. The Hall–Kier alpha value is -1.64. The number of Topliss-reactive ketones (excluding diaryl/α,β-unsaturated/α-hetero) is 1. The Morgan fingerprint density at radius 2 is 1.83 bits per heavy atom. The van der Waals surface area contributed by atoms with E-state index in [1.54, 1.807) is 0 Å². The van der Waals surface area contributed by atoms with Crippen LogP contribution in [0.2, 0.25) is 0 Å². The summed E-state index contributed by atoms with van der Waals surface area (Å²) >= 11 is 0. The first kappa shape index (κ1) is 14.4. The lowest BCUT2D eigenvalue weighted by Gasteiger charge is -2.13. The van der Waals surface area contributed by atoms with Crippen molar-refractivity contribution in [3.63, 3.8) is 0 Å². The van der Waals surface area contributed by atoms with Gasteiger partial charge in [0.05, 0.1) is 0 Å². The minimum atomic E-state index is -0.0415. The molecule has 18 heavy (non-hydrogen) atoms. The third-order valence-corrected chi connectivity index (χ3v) is 2.82. The van der Waals surface area contributed by atoms with E-state index in [1.165, 1.54) is 5.56 Å². The normalized spacial score (nSPS) is 11.9. The number of ketones is 1. The molecule has 1 unspecified atom stereocenters. The van der Waals surface area contributed by atoms with Gasteiger partial charge in [0.1, 0.15) is 5.78 Å². The summed E-state index contributed by atoms with van der Waals surface area (Å²) in [6.07, 6.45) is 1.97. The molecule has 0 spiro atoms. The van der Waals surface area contributed by atoms with E-state index in [9.17, 15) is 9.59 Å². The van der Waals surface area contributed by atoms with Gasteiger partial charge in [-0.25, -0.2) is 0 Å². The molecule has 0 fully saturated rings. The summed E-state index contributed by atoms with van der Waals surface area (Å²) in [5.41, 5.74) is 1.20. The maximum atomic E-state index is 11.6. The van der Waals surface area contributed by atoms with E-state index in [1.807, 2.05) is 44.2 Å². The number of hydrogen-bond acceptors (Lipinski definition) is 2. The van der Waals surface area contributed by atoms with Gasteiger partial charge in [0.2, 0.25) is 5.91 Å². The Morgan fingerprint density at radius 3 is 2.44 bits per heavy atom. The fraction of sp³-hybridized carbons (Fsp3) is 0.467. The maximum Gasteiger partial charge on any atom is 0.220 e. The average Bonchev–Trinajstić information content (AvgIpc) is 2.37. The molecule has 1 N–H and O–H groups in total. The summed E-state index contributed by atoms with van der Waals surface area (Å²) in [7, 11) is 0. The molecule has 0 bridgehead atoms. The van der Waals surface area contributed by atoms with E-state index in [2.05, 4.69) is 5.32 Å². The number of nitrogens with one attached hydrogen (secondary N) is 1. The lowest BCUT2D eigenvalue weighted by atomic mass is 10.1. The molecule has 0 radical (unpaired) electrons. The number of benzene rings is 1. The highest BCUT2D eigenvalue weighted by molar-refractivity contribution is 5.84.